The molecular weight excluding hydrogens is 370 g/mol. The van der Waals surface area contributed by atoms with E-state index in [1.54, 1.807) is 19.1 Å². The van der Waals surface area contributed by atoms with Crippen LogP contribution in [0.2, 0.25) is 0 Å². The van der Waals surface area contributed by atoms with Crippen molar-refractivity contribution in [2.45, 2.75) is 20.8 Å². The van der Waals surface area contributed by atoms with Crippen LogP contribution < -0.4 is 10.1 Å². The summed E-state index contributed by atoms with van der Waals surface area (Å²) < 4.78 is 15.0. The van der Waals surface area contributed by atoms with Crippen LogP contribution in [-0.4, -0.2) is 38.2 Å². The second kappa shape index (κ2) is 9.18. The van der Waals surface area contributed by atoms with Crippen LogP contribution in [0, 0.1) is 20.8 Å². The molecule has 8 heteroatoms. The van der Waals surface area contributed by atoms with E-state index in [2.05, 4.69) is 5.32 Å². The van der Waals surface area contributed by atoms with Gasteiger partial charge in [-0.2, -0.15) is 0 Å². The van der Waals surface area contributed by atoms with E-state index in [9.17, 15) is 14.4 Å². The second-order valence-electron chi connectivity index (χ2n) is 5.74. The van der Waals surface area contributed by atoms with Gasteiger partial charge in [0.2, 0.25) is 0 Å². The lowest BCUT2D eigenvalue weighted by atomic mass is 10.1. The molecule has 144 valence electrons. The molecule has 1 N–H and O–H groups in total. The first-order chi connectivity index (χ1) is 12.8. The first-order valence-electron chi connectivity index (χ1n) is 8.15. The van der Waals surface area contributed by atoms with Gasteiger partial charge in [0.25, 0.3) is 5.91 Å². The maximum atomic E-state index is 12.1. The van der Waals surface area contributed by atoms with E-state index in [4.69, 9.17) is 14.2 Å². The van der Waals surface area contributed by atoms with Crippen molar-refractivity contribution in [3.05, 3.63) is 45.8 Å². The summed E-state index contributed by atoms with van der Waals surface area (Å²) in [6.07, 6.45) is 0. The largest absolute Gasteiger partial charge is 0.482 e. The van der Waals surface area contributed by atoms with Crippen LogP contribution in [0.25, 0.3) is 0 Å². The Bertz CT molecular complexity index is 858. The lowest BCUT2D eigenvalue weighted by Crippen LogP contribution is -2.24. The van der Waals surface area contributed by atoms with Crippen LogP contribution in [0.1, 0.15) is 26.4 Å². The molecule has 0 aliphatic rings. The van der Waals surface area contributed by atoms with Gasteiger partial charge in [0, 0.05) is 4.88 Å². The number of carbonyl (C=O) groups is 3. The highest BCUT2D eigenvalue weighted by molar-refractivity contribution is 7.16. The molecule has 0 fully saturated rings. The summed E-state index contributed by atoms with van der Waals surface area (Å²) in [5, 5.41) is 2.96. The summed E-state index contributed by atoms with van der Waals surface area (Å²) in [6.45, 7) is 4.69. The summed E-state index contributed by atoms with van der Waals surface area (Å²) in [4.78, 5) is 36.6. The molecule has 2 aromatic rings. The molecule has 0 atom stereocenters. The lowest BCUT2D eigenvalue weighted by molar-refractivity contribution is -0.149. The molecule has 1 amide bonds. The van der Waals surface area contributed by atoms with Gasteiger partial charge >= 0.3 is 11.9 Å². The predicted octanol–water partition coefficient (Wildman–Crippen LogP) is 3.02. The minimum Gasteiger partial charge on any atom is -0.482 e. The van der Waals surface area contributed by atoms with Crippen molar-refractivity contribution in [3.8, 4) is 5.75 Å². The normalized spacial score (nSPS) is 10.2. The van der Waals surface area contributed by atoms with Crippen molar-refractivity contribution in [3.63, 3.8) is 0 Å². The number of nitrogens with one attached hydrogen (secondary N) is 1. The number of thiophene rings is 1. The van der Waals surface area contributed by atoms with Crippen molar-refractivity contribution >= 4 is 34.2 Å². The maximum Gasteiger partial charge on any atom is 0.344 e. The van der Waals surface area contributed by atoms with Gasteiger partial charge in [0.05, 0.1) is 12.7 Å². The fraction of sp³-hybridized carbons (Fsp3) is 0.316. The summed E-state index contributed by atoms with van der Waals surface area (Å²) in [5.74, 6) is -1.17. The summed E-state index contributed by atoms with van der Waals surface area (Å²) in [7, 11) is 1.27. The van der Waals surface area contributed by atoms with E-state index in [-0.39, 0.29) is 6.61 Å². The zero-order valence-electron chi connectivity index (χ0n) is 15.6. The number of aryl methyl sites for hydroxylation is 2. The minimum absolute atomic E-state index is 0.303. The van der Waals surface area contributed by atoms with E-state index in [0.29, 0.717) is 16.3 Å². The van der Waals surface area contributed by atoms with Gasteiger partial charge < -0.3 is 19.5 Å². The average molecular weight is 391 g/mol. The topological polar surface area (TPSA) is 90.9 Å². The van der Waals surface area contributed by atoms with Gasteiger partial charge in [0.15, 0.2) is 13.2 Å². The number of anilines is 1. The predicted molar refractivity (Wildman–Crippen MR) is 101 cm³/mol. The van der Waals surface area contributed by atoms with Crippen molar-refractivity contribution in [2.75, 3.05) is 25.6 Å². The van der Waals surface area contributed by atoms with Crippen LogP contribution in [-0.2, 0) is 19.1 Å². The number of hydrogen-bond donors (Lipinski definition) is 1. The molecule has 7 nitrogen and oxygen atoms in total. The molecule has 1 heterocycles. The standard InChI is InChI=1S/C19H21NO6S/c1-11-7-5-6-8-14(11)25-10-16(22)26-9-15(21)20-18-17(19(23)24-4)12(2)13(3)27-18/h5-8H,9-10H2,1-4H3,(H,20,21). The molecule has 0 unspecified atom stereocenters. The Morgan fingerprint density at radius 2 is 1.78 bits per heavy atom. The molecule has 0 saturated carbocycles. The number of rotatable bonds is 7. The highest BCUT2D eigenvalue weighted by Gasteiger charge is 2.22. The molecule has 0 bridgehead atoms. The van der Waals surface area contributed by atoms with Gasteiger partial charge in [-0.25, -0.2) is 9.59 Å². The Balaban J connectivity index is 1.88. The zero-order chi connectivity index (χ0) is 20.0. The smallest absolute Gasteiger partial charge is 0.344 e. The Morgan fingerprint density at radius 1 is 1.07 bits per heavy atom. The monoisotopic (exact) mass is 391 g/mol. The number of hydrogen-bond acceptors (Lipinski definition) is 7. The number of para-hydroxylation sites is 1. The second-order valence-corrected chi connectivity index (χ2v) is 6.97. The van der Waals surface area contributed by atoms with Crippen LogP contribution in [0.3, 0.4) is 0 Å². The molecule has 0 radical (unpaired) electrons. The molecule has 0 aliphatic carbocycles. The van der Waals surface area contributed by atoms with Gasteiger partial charge in [-0.15, -0.1) is 11.3 Å². The van der Waals surface area contributed by atoms with Crippen molar-refractivity contribution < 1.29 is 28.6 Å². The van der Waals surface area contributed by atoms with Crippen LogP contribution in [0.5, 0.6) is 5.75 Å². The number of ether oxygens (including phenoxy) is 3. The first kappa shape index (κ1) is 20.4. The van der Waals surface area contributed by atoms with Crippen LogP contribution in [0.15, 0.2) is 24.3 Å². The first-order valence-corrected chi connectivity index (χ1v) is 8.97. The Morgan fingerprint density at radius 3 is 2.44 bits per heavy atom. The molecule has 0 aliphatic heterocycles. The van der Waals surface area contributed by atoms with Gasteiger partial charge in [0.1, 0.15) is 10.8 Å². The fourth-order valence-electron chi connectivity index (χ4n) is 2.27. The number of amides is 1. The molecule has 1 aromatic heterocycles. The van der Waals surface area contributed by atoms with Gasteiger partial charge in [-0.05, 0) is 38.0 Å². The number of benzene rings is 1. The Kier molecular flexibility index (Phi) is 6.95. The highest BCUT2D eigenvalue weighted by atomic mass is 32.1. The molecule has 2 rings (SSSR count). The van der Waals surface area contributed by atoms with Crippen LogP contribution >= 0.6 is 11.3 Å². The molecule has 0 spiro atoms. The molecule has 0 saturated heterocycles. The highest BCUT2D eigenvalue weighted by Crippen LogP contribution is 2.32. The van der Waals surface area contributed by atoms with E-state index in [0.717, 1.165) is 16.0 Å². The third-order valence-electron chi connectivity index (χ3n) is 3.83. The van der Waals surface area contributed by atoms with Crippen molar-refractivity contribution in [2.24, 2.45) is 0 Å². The van der Waals surface area contributed by atoms with E-state index < -0.39 is 24.5 Å². The number of carbonyl (C=O) groups excluding carboxylic acids is 3. The van der Waals surface area contributed by atoms with Crippen molar-refractivity contribution in [1.29, 1.82) is 0 Å². The Labute approximate surface area is 161 Å². The molecule has 1 aromatic carbocycles. The fourth-order valence-corrected chi connectivity index (χ4v) is 3.33. The summed E-state index contributed by atoms with van der Waals surface area (Å²) in [6, 6.07) is 7.26. The third kappa shape index (κ3) is 5.30. The lowest BCUT2D eigenvalue weighted by Gasteiger charge is -2.09. The minimum atomic E-state index is -0.667. The van der Waals surface area contributed by atoms with Crippen molar-refractivity contribution in [1.82, 2.24) is 0 Å². The number of methoxy groups -OCH3 is 1. The quantitative estimate of drug-likeness (QED) is 0.730. The molecule has 27 heavy (non-hydrogen) atoms. The van der Waals surface area contributed by atoms with Crippen LogP contribution in [0.4, 0.5) is 5.00 Å². The SMILES string of the molecule is COC(=O)c1c(NC(=O)COC(=O)COc2ccccc2C)sc(C)c1C. The van der Waals surface area contributed by atoms with Gasteiger partial charge in [-0.1, -0.05) is 18.2 Å². The number of esters is 2. The average Bonchev–Trinajstić information content (AvgIpc) is 2.92. The summed E-state index contributed by atoms with van der Waals surface area (Å²) in [5.41, 5.74) is 1.94. The molecular formula is C19H21NO6S. The third-order valence-corrected chi connectivity index (χ3v) is 4.95. The zero-order valence-corrected chi connectivity index (χ0v) is 16.4. The Hall–Kier alpha value is -2.87. The van der Waals surface area contributed by atoms with E-state index >= 15 is 0 Å². The van der Waals surface area contributed by atoms with E-state index in [1.807, 2.05) is 26.0 Å². The van der Waals surface area contributed by atoms with Gasteiger partial charge in [-0.3, -0.25) is 4.79 Å². The maximum absolute atomic E-state index is 12.1. The summed E-state index contributed by atoms with van der Waals surface area (Å²) >= 11 is 1.26. The van der Waals surface area contributed by atoms with E-state index in [1.165, 1.54) is 18.4 Å².